The van der Waals surface area contributed by atoms with Gasteiger partial charge in [0.1, 0.15) is 11.5 Å². The van der Waals surface area contributed by atoms with Crippen molar-refractivity contribution in [1.29, 1.82) is 0 Å². The van der Waals surface area contributed by atoms with Gasteiger partial charge in [0.2, 0.25) is 3.79 Å². The van der Waals surface area contributed by atoms with Crippen LogP contribution in [0.25, 0.3) is 18.2 Å². The van der Waals surface area contributed by atoms with E-state index in [1.165, 1.54) is 18.2 Å². The van der Waals surface area contributed by atoms with Gasteiger partial charge in [-0.1, -0.05) is 59.1 Å². The molecule has 3 nitrogen and oxygen atoms in total. The minimum absolute atomic E-state index is 0.304. The molecule has 0 radical (unpaired) electrons. The van der Waals surface area contributed by atoms with Crippen LogP contribution in [0.3, 0.4) is 0 Å². The van der Waals surface area contributed by atoms with E-state index < -0.39 is 9.42 Å². The number of hydrogen-bond donors (Lipinski definition) is 0. The van der Waals surface area contributed by atoms with Crippen molar-refractivity contribution in [3.63, 3.8) is 0 Å². The van der Waals surface area contributed by atoms with E-state index in [0.717, 1.165) is 11.3 Å². The molecule has 1 aromatic heterocycles. The molecule has 0 fully saturated rings. The largest absolute Gasteiger partial charge is 0.497 e. The number of benzene rings is 1. The van der Waals surface area contributed by atoms with E-state index >= 15 is 0 Å². The lowest BCUT2D eigenvalue weighted by atomic mass is 10.1. The Kier molecular flexibility index (Phi) is 5.94. The fourth-order valence-corrected chi connectivity index (χ4v) is 1.97. The van der Waals surface area contributed by atoms with Crippen LogP contribution < -0.4 is 10.4 Å². The van der Waals surface area contributed by atoms with E-state index in [0.29, 0.717) is 11.3 Å². The first-order valence-corrected chi connectivity index (χ1v) is 7.72. The van der Waals surface area contributed by atoms with Gasteiger partial charge >= 0.3 is 5.63 Å². The summed E-state index contributed by atoms with van der Waals surface area (Å²) in [6.45, 7) is 0. The molecule has 0 bridgehead atoms. The van der Waals surface area contributed by atoms with Crippen LogP contribution in [-0.2, 0) is 0 Å². The van der Waals surface area contributed by atoms with Crippen LogP contribution in [0.4, 0.5) is 0 Å². The average molecular weight is 372 g/mol. The molecule has 2 aromatic rings. The highest BCUT2D eigenvalue weighted by Crippen LogP contribution is 2.28. The summed E-state index contributed by atoms with van der Waals surface area (Å²) in [6.07, 6.45) is 6.42. The summed E-state index contributed by atoms with van der Waals surface area (Å²) >= 11 is 16.9. The van der Waals surface area contributed by atoms with Crippen LogP contribution in [0.2, 0.25) is 0 Å². The molecular formula is C17H13Cl3O3. The van der Waals surface area contributed by atoms with E-state index in [1.807, 2.05) is 30.3 Å². The maximum Gasteiger partial charge on any atom is 0.336 e. The van der Waals surface area contributed by atoms with E-state index in [9.17, 15) is 4.79 Å². The van der Waals surface area contributed by atoms with Gasteiger partial charge < -0.3 is 9.15 Å². The van der Waals surface area contributed by atoms with E-state index in [1.54, 1.807) is 19.3 Å². The SMILES string of the molecule is COc1ccc(C=Cc2cc(C=CC(Cl)(Cl)Cl)oc(=O)c2)cc1. The molecule has 23 heavy (non-hydrogen) atoms. The van der Waals surface area contributed by atoms with Crippen molar-refractivity contribution in [2.45, 2.75) is 3.79 Å². The first-order valence-electron chi connectivity index (χ1n) is 6.59. The third-order valence-electron chi connectivity index (χ3n) is 2.83. The molecule has 1 aromatic carbocycles. The number of allylic oxidation sites excluding steroid dienone is 1. The predicted octanol–water partition coefficient (Wildman–Crippen LogP) is 5.20. The summed E-state index contributed by atoms with van der Waals surface area (Å²) < 4.78 is 8.58. The fourth-order valence-electron chi connectivity index (χ4n) is 1.78. The van der Waals surface area contributed by atoms with Crippen LogP contribution in [-0.4, -0.2) is 10.9 Å². The van der Waals surface area contributed by atoms with Crippen LogP contribution in [0.15, 0.2) is 51.7 Å². The number of ether oxygens (including phenoxy) is 1. The lowest BCUT2D eigenvalue weighted by Crippen LogP contribution is -1.99. The molecule has 0 N–H and O–H groups in total. The standard InChI is InChI=1S/C17H13Cl3O3/c1-22-14-6-4-12(5-7-14)2-3-13-10-15(23-16(21)11-13)8-9-17(18,19)20/h2-11H,1H3. The van der Waals surface area contributed by atoms with Crippen molar-refractivity contribution >= 4 is 53.0 Å². The number of halogens is 3. The van der Waals surface area contributed by atoms with Crippen molar-refractivity contribution in [2.75, 3.05) is 7.11 Å². The Morgan fingerprint density at radius 2 is 1.65 bits per heavy atom. The molecule has 1 heterocycles. The zero-order chi connectivity index (χ0) is 16.9. The lowest BCUT2D eigenvalue weighted by molar-refractivity contribution is 0.415. The molecule has 0 spiro atoms. The Hall–Kier alpha value is -1.68. The number of alkyl halides is 3. The van der Waals surface area contributed by atoms with Gasteiger partial charge in [0.05, 0.1) is 7.11 Å². The molecule has 120 valence electrons. The van der Waals surface area contributed by atoms with Crippen molar-refractivity contribution in [1.82, 2.24) is 0 Å². The lowest BCUT2D eigenvalue weighted by Gasteiger charge is -2.02. The first kappa shape index (κ1) is 17.7. The summed E-state index contributed by atoms with van der Waals surface area (Å²) in [4.78, 5) is 11.6. The minimum Gasteiger partial charge on any atom is -0.497 e. The van der Waals surface area contributed by atoms with Gasteiger partial charge in [0.15, 0.2) is 0 Å². The van der Waals surface area contributed by atoms with Crippen molar-refractivity contribution in [3.05, 3.63) is 69.8 Å². The molecule has 0 atom stereocenters. The number of hydrogen-bond acceptors (Lipinski definition) is 3. The molecule has 0 saturated carbocycles. The predicted molar refractivity (Wildman–Crippen MR) is 96.2 cm³/mol. The monoisotopic (exact) mass is 370 g/mol. The fraction of sp³-hybridized carbons (Fsp3) is 0.118. The van der Waals surface area contributed by atoms with Gasteiger partial charge in [-0.2, -0.15) is 0 Å². The molecule has 0 aliphatic heterocycles. The van der Waals surface area contributed by atoms with Crippen molar-refractivity contribution < 1.29 is 9.15 Å². The Morgan fingerprint density at radius 3 is 2.26 bits per heavy atom. The Morgan fingerprint density at radius 1 is 1.00 bits per heavy atom. The Bertz CT molecular complexity index is 769. The van der Waals surface area contributed by atoms with Gasteiger partial charge in [-0.25, -0.2) is 4.79 Å². The van der Waals surface area contributed by atoms with Gasteiger partial charge in [-0.3, -0.25) is 0 Å². The summed E-state index contributed by atoms with van der Waals surface area (Å²) in [5, 5.41) is 0. The highest BCUT2D eigenvalue weighted by atomic mass is 35.6. The number of methoxy groups -OCH3 is 1. The van der Waals surface area contributed by atoms with E-state index in [2.05, 4.69) is 0 Å². The van der Waals surface area contributed by atoms with Crippen LogP contribution >= 0.6 is 34.8 Å². The normalized spacial score (nSPS) is 12.2. The molecule has 2 rings (SSSR count). The van der Waals surface area contributed by atoms with E-state index in [-0.39, 0.29) is 0 Å². The zero-order valence-corrected chi connectivity index (χ0v) is 14.4. The Balaban J connectivity index is 2.22. The summed E-state index contributed by atoms with van der Waals surface area (Å²) in [6, 6.07) is 10.6. The molecule has 6 heteroatoms. The molecule has 0 aliphatic rings. The maximum atomic E-state index is 11.6. The molecule has 0 unspecified atom stereocenters. The average Bonchev–Trinajstić information content (AvgIpc) is 2.50. The van der Waals surface area contributed by atoms with Crippen LogP contribution in [0.1, 0.15) is 16.9 Å². The highest BCUT2D eigenvalue weighted by molar-refractivity contribution is 6.69. The summed E-state index contributed by atoms with van der Waals surface area (Å²) in [7, 11) is 1.61. The molecular weight excluding hydrogens is 359 g/mol. The molecule has 0 amide bonds. The topological polar surface area (TPSA) is 39.4 Å². The van der Waals surface area contributed by atoms with E-state index in [4.69, 9.17) is 44.0 Å². The quantitative estimate of drug-likeness (QED) is 0.693. The Labute approximate surface area is 148 Å². The van der Waals surface area contributed by atoms with Gasteiger partial charge in [0.25, 0.3) is 0 Å². The summed E-state index contributed by atoms with van der Waals surface area (Å²) in [5.74, 6) is 1.08. The molecule has 0 saturated heterocycles. The van der Waals surface area contributed by atoms with Gasteiger partial charge in [-0.05, 0) is 41.5 Å². The van der Waals surface area contributed by atoms with Gasteiger partial charge in [0, 0.05) is 6.07 Å². The van der Waals surface area contributed by atoms with Gasteiger partial charge in [-0.15, -0.1) is 0 Å². The third kappa shape index (κ3) is 6.14. The zero-order valence-electron chi connectivity index (χ0n) is 12.1. The highest BCUT2D eigenvalue weighted by Gasteiger charge is 2.14. The minimum atomic E-state index is -1.55. The smallest absolute Gasteiger partial charge is 0.336 e. The van der Waals surface area contributed by atoms with Crippen LogP contribution in [0.5, 0.6) is 5.75 Å². The number of rotatable bonds is 4. The van der Waals surface area contributed by atoms with Crippen LogP contribution in [0, 0.1) is 0 Å². The second-order valence-electron chi connectivity index (χ2n) is 4.59. The second kappa shape index (κ2) is 7.73. The van der Waals surface area contributed by atoms with Crippen molar-refractivity contribution in [2.24, 2.45) is 0 Å². The summed E-state index contributed by atoms with van der Waals surface area (Å²) in [5.41, 5.74) is 1.17. The third-order valence-corrected chi connectivity index (χ3v) is 3.21. The molecule has 0 aliphatic carbocycles. The first-order chi connectivity index (χ1) is 10.9. The second-order valence-corrected chi connectivity index (χ2v) is 6.96. The van der Waals surface area contributed by atoms with Crippen molar-refractivity contribution in [3.8, 4) is 5.75 Å². The maximum absolute atomic E-state index is 11.6.